The average Bonchev–Trinajstić information content (AvgIpc) is 2.27. The van der Waals surface area contributed by atoms with Crippen LogP contribution in [0.2, 0.25) is 0 Å². The number of carboxylic acid groups (broad SMARTS) is 1. The van der Waals surface area contributed by atoms with Crippen LogP contribution in [0.1, 0.15) is 18.9 Å². The second kappa shape index (κ2) is 6.09. The molecular weight excluding hydrogens is 244 g/mol. The van der Waals surface area contributed by atoms with Gasteiger partial charge in [0.2, 0.25) is 5.91 Å². The molecule has 0 spiro atoms. The molecule has 0 saturated carbocycles. The number of carboxylic acids is 1. The Morgan fingerprint density at radius 3 is 2.61 bits per heavy atom. The molecule has 2 N–H and O–H groups in total. The van der Waals surface area contributed by atoms with Crippen molar-refractivity contribution in [3.63, 3.8) is 0 Å². The molecule has 0 aliphatic heterocycles. The molecule has 4 nitrogen and oxygen atoms in total. The van der Waals surface area contributed by atoms with Crippen molar-refractivity contribution in [1.82, 2.24) is 5.32 Å². The van der Waals surface area contributed by atoms with Gasteiger partial charge in [0.05, 0.1) is 5.92 Å². The van der Waals surface area contributed by atoms with E-state index in [4.69, 9.17) is 5.11 Å². The molecule has 0 heterocycles. The van der Waals surface area contributed by atoms with Crippen LogP contribution in [0, 0.1) is 17.6 Å². The first-order valence-corrected chi connectivity index (χ1v) is 5.33. The monoisotopic (exact) mass is 257 g/mol. The zero-order chi connectivity index (χ0) is 13.7. The topological polar surface area (TPSA) is 66.4 Å². The molecule has 1 rings (SSSR count). The summed E-state index contributed by atoms with van der Waals surface area (Å²) in [6.45, 7) is 1.30. The number of hydrogen-bond donors (Lipinski definition) is 2. The number of carbonyl (C=O) groups is 2. The van der Waals surface area contributed by atoms with Crippen LogP contribution in [0.15, 0.2) is 18.2 Å². The summed E-state index contributed by atoms with van der Waals surface area (Å²) in [7, 11) is 0. The molecule has 18 heavy (non-hydrogen) atoms. The number of aliphatic carboxylic acids is 1. The second-order valence-corrected chi connectivity index (χ2v) is 3.96. The van der Waals surface area contributed by atoms with E-state index in [1.165, 1.54) is 13.0 Å². The number of halogens is 2. The van der Waals surface area contributed by atoms with E-state index in [2.05, 4.69) is 5.32 Å². The maximum atomic E-state index is 13.2. The van der Waals surface area contributed by atoms with Crippen LogP contribution in [-0.2, 0) is 16.1 Å². The average molecular weight is 257 g/mol. The highest BCUT2D eigenvalue weighted by Gasteiger charge is 2.15. The molecule has 0 saturated heterocycles. The molecule has 1 aromatic carbocycles. The minimum absolute atomic E-state index is 0.0999. The lowest BCUT2D eigenvalue weighted by atomic mass is 10.1. The molecule has 6 heteroatoms. The first kappa shape index (κ1) is 14.1. The van der Waals surface area contributed by atoms with Crippen molar-refractivity contribution in [2.24, 2.45) is 5.92 Å². The van der Waals surface area contributed by atoms with E-state index in [-0.39, 0.29) is 18.5 Å². The molecule has 1 amide bonds. The summed E-state index contributed by atoms with van der Waals surface area (Å²) in [5.41, 5.74) is 0.146. The highest BCUT2D eigenvalue weighted by Crippen LogP contribution is 2.09. The van der Waals surface area contributed by atoms with Crippen LogP contribution in [0.25, 0.3) is 0 Å². The number of carbonyl (C=O) groups excluding carboxylic acids is 1. The third kappa shape index (κ3) is 4.12. The van der Waals surface area contributed by atoms with Gasteiger partial charge >= 0.3 is 5.97 Å². The molecule has 0 fully saturated rings. The van der Waals surface area contributed by atoms with Crippen molar-refractivity contribution < 1.29 is 23.5 Å². The number of amides is 1. The van der Waals surface area contributed by atoms with E-state index >= 15 is 0 Å². The van der Waals surface area contributed by atoms with Gasteiger partial charge in [-0.2, -0.15) is 0 Å². The van der Waals surface area contributed by atoms with Gasteiger partial charge in [-0.1, -0.05) is 13.0 Å². The first-order valence-electron chi connectivity index (χ1n) is 5.33. The van der Waals surface area contributed by atoms with Gasteiger partial charge in [0.15, 0.2) is 0 Å². The van der Waals surface area contributed by atoms with Gasteiger partial charge < -0.3 is 10.4 Å². The summed E-state index contributed by atoms with van der Waals surface area (Å²) in [6.07, 6.45) is -0.182. The predicted molar refractivity (Wildman–Crippen MR) is 59.6 cm³/mol. The van der Waals surface area contributed by atoms with E-state index in [0.717, 1.165) is 12.1 Å². The minimum Gasteiger partial charge on any atom is -0.481 e. The summed E-state index contributed by atoms with van der Waals surface area (Å²) < 4.78 is 25.8. The van der Waals surface area contributed by atoms with Crippen molar-refractivity contribution in [2.75, 3.05) is 0 Å². The van der Waals surface area contributed by atoms with E-state index < -0.39 is 29.4 Å². The predicted octanol–water partition coefficient (Wildman–Crippen LogP) is 1.69. The Kier molecular flexibility index (Phi) is 4.76. The molecule has 98 valence electrons. The Labute approximate surface area is 103 Å². The molecule has 0 aromatic heterocycles. The van der Waals surface area contributed by atoms with Gasteiger partial charge in [0.25, 0.3) is 0 Å². The smallest absolute Gasteiger partial charge is 0.306 e. The van der Waals surface area contributed by atoms with Crippen molar-refractivity contribution in [3.8, 4) is 0 Å². The van der Waals surface area contributed by atoms with Crippen molar-refractivity contribution in [3.05, 3.63) is 35.4 Å². The van der Waals surface area contributed by atoms with E-state index in [1.54, 1.807) is 0 Å². The van der Waals surface area contributed by atoms with Gasteiger partial charge in [0.1, 0.15) is 11.6 Å². The molecule has 0 aliphatic rings. The summed E-state index contributed by atoms with van der Waals surface area (Å²) in [5.74, 6) is -3.81. The quantitative estimate of drug-likeness (QED) is 0.843. The van der Waals surface area contributed by atoms with E-state index in [1.807, 2.05) is 0 Å². The third-order valence-electron chi connectivity index (χ3n) is 2.40. The molecule has 1 atom stereocenters. The lowest BCUT2D eigenvalue weighted by Gasteiger charge is -2.08. The Morgan fingerprint density at radius 2 is 2.06 bits per heavy atom. The number of hydrogen-bond acceptors (Lipinski definition) is 2. The first-order chi connectivity index (χ1) is 8.40. The van der Waals surface area contributed by atoms with Crippen LogP contribution in [0.4, 0.5) is 8.78 Å². The summed E-state index contributed by atoms with van der Waals surface area (Å²) in [4.78, 5) is 21.9. The molecular formula is C12H13F2NO3. The van der Waals surface area contributed by atoms with Crippen LogP contribution in [-0.4, -0.2) is 17.0 Å². The highest BCUT2D eigenvalue weighted by atomic mass is 19.1. The van der Waals surface area contributed by atoms with Gasteiger partial charge in [-0.3, -0.25) is 9.59 Å². The lowest BCUT2D eigenvalue weighted by molar-refractivity contribution is -0.143. The zero-order valence-electron chi connectivity index (χ0n) is 9.74. The van der Waals surface area contributed by atoms with Gasteiger partial charge in [0, 0.05) is 24.6 Å². The number of rotatable bonds is 5. The molecule has 0 bridgehead atoms. The number of benzene rings is 1. The Balaban J connectivity index is 2.50. The molecule has 1 unspecified atom stereocenters. The van der Waals surface area contributed by atoms with Crippen LogP contribution >= 0.6 is 0 Å². The Hall–Kier alpha value is -1.98. The minimum atomic E-state index is -1.07. The van der Waals surface area contributed by atoms with E-state index in [0.29, 0.717) is 0 Å². The fourth-order valence-electron chi connectivity index (χ4n) is 1.30. The van der Waals surface area contributed by atoms with Crippen molar-refractivity contribution in [1.29, 1.82) is 0 Å². The summed E-state index contributed by atoms with van der Waals surface area (Å²) in [5, 5.41) is 11.0. The fourth-order valence-corrected chi connectivity index (χ4v) is 1.30. The maximum absolute atomic E-state index is 13.2. The zero-order valence-corrected chi connectivity index (χ0v) is 9.74. The third-order valence-corrected chi connectivity index (χ3v) is 2.40. The molecule has 0 aliphatic carbocycles. The summed E-state index contributed by atoms with van der Waals surface area (Å²) in [6, 6.07) is 3.04. The fraction of sp³-hybridized carbons (Fsp3) is 0.333. The van der Waals surface area contributed by atoms with Gasteiger partial charge in [-0.15, -0.1) is 0 Å². The van der Waals surface area contributed by atoms with Crippen LogP contribution in [0.5, 0.6) is 0 Å². The van der Waals surface area contributed by atoms with Gasteiger partial charge in [-0.05, 0) is 6.07 Å². The Bertz CT molecular complexity index is 463. The van der Waals surface area contributed by atoms with Crippen LogP contribution < -0.4 is 5.32 Å². The highest BCUT2D eigenvalue weighted by molar-refractivity contribution is 5.81. The lowest BCUT2D eigenvalue weighted by Crippen LogP contribution is -2.27. The SMILES string of the molecule is CC(CC(=O)NCc1ccc(F)cc1F)C(=O)O. The van der Waals surface area contributed by atoms with Gasteiger partial charge in [-0.25, -0.2) is 8.78 Å². The number of nitrogens with one attached hydrogen (secondary N) is 1. The second-order valence-electron chi connectivity index (χ2n) is 3.96. The van der Waals surface area contributed by atoms with Crippen molar-refractivity contribution >= 4 is 11.9 Å². The van der Waals surface area contributed by atoms with Crippen LogP contribution in [0.3, 0.4) is 0 Å². The molecule has 1 aromatic rings. The normalized spacial score (nSPS) is 11.9. The molecule has 0 radical (unpaired) electrons. The summed E-state index contributed by atoms with van der Waals surface area (Å²) >= 11 is 0. The largest absolute Gasteiger partial charge is 0.481 e. The van der Waals surface area contributed by atoms with Crippen molar-refractivity contribution in [2.45, 2.75) is 19.9 Å². The standard InChI is InChI=1S/C12H13F2NO3/c1-7(12(17)18)4-11(16)15-6-8-2-3-9(13)5-10(8)14/h2-3,5,7H,4,6H2,1H3,(H,15,16)(H,17,18). The Morgan fingerprint density at radius 1 is 1.39 bits per heavy atom. The maximum Gasteiger partial charge on any atom is 0.306 e. The van der Waals surface area contributed by atoms with E-state index in [9.17, 15) is 18.4 Å².